The highest BCUT2D eigenvalue weighted by molar-refractivity contribution is 5.18. The fourth-order valence-electron chi connectivity index (χ4n) is 9.23. The Kier molecular flexibility index (Phi) is 5.88. The average molecular weight is 469 g/mol. The Morgan fingerprint density at radius 1 is 0.818 bits per heavy atom. The zero-order valence-corrected chi connectivity index (χ0v) is 19.9. The van der Waals surface area contributed by atoms with E-state index >= 15 is 0 Å². The van der Waals surface area contributed by atoms with Crippen molar-refractivity contribution in [2.45, 2.75) is 90.7 Å². The summed E-state index contributed by atoms with van der Waals surface area (Å²) < 4.78 is 67.5. The Bertz CT molecular complexity index is 857. The molecule has 1 aromatic carbocycles. The van der Waals surface area contributed by atoms with E-state index in [1.54, 1.807) is 0 Å². The van der Waals surface area contributed by atoms with Gasteiger partial charge in [0.15, 0.2) is 0 Å². The van der Waals surface area contributed by atoms with E-state index in [-0.39, 0.29) is 16.7 Å². The van der Waals surface area contributed by atoms with E-state index in [9.17, 15) is 22.0 Å². The first-order valence-corrected chi connectivity index (χ1v) is 13.0. The van der Waals surface area contributed by atoms with Gasteiger partial charge in [0.05, 0.1) is 5.92 Å². The van der Waals surface area contributed by atoms with Crippen LogP contribution in [-0.4, -0.2) is 6.18 Å². The Balaban J connectivity index is 1.28. The third-order valence-electron chi connectivity index (χ3n) is 11.0. The van der Waals surface area contributed by atoms with Crippen molar-refractivity contribution in [2.75, 3.05) is 0 Å². The highest BCUT2D eigenvalue weighted by Crippen LogP contribution is 2.68. The minimum atomic E-state index is -4.05. The molecule has 0 heterocycles. The van der Waals surface area contributed by atoms with E-state index in [0.717, 1.165) is 50.2 Å². The molecule has 4 aliphatic carbocycles. The zero-order valence-electron chi connectivity index (χ0n) is 19.9. The molecular formula is C28H37F5. The fourth-order valence-corrected chi connectivity index (χ4v) is 9.23. The van der Waals surface area contributed by atoms with E-state index < -0.39 is 23.7 Å². The first-order chi connectivity index (χ1) is 15.5. The molecule has 0 aromatic heterocycles. The van der Waals surface area contributed by atoms with Gasteiger partial charge in [0.2, 0.25) is 0 Å². The molecule has 0 nitrogen and oxygen atoms in total. The van der Waals surface area contributed by atoms with E-state index in [0.29, 0.717) is 42.9 Å². The molecule has 0 bridgehead atoms. The molecule has 0 saturated heterocycles. The molecule has 4 saturated carbocycles. The summed E-state index contributed by atoms with van der Waals surface area (Å²) >= 11 is 0. The molecule has 0 radical (unpaired) electrons. The number of fused-ring (bicyclic) bond motifs is 5. The summed E-state index contributed by atoms with van der Waals surface area (Å²) in [4.78, 5) is 0. The van der Waals surface area contributed by atoms with Crippen LogP contribution in [0.5, 0.6) is 0 Å². The van der Waals surface area contributed by atoms with Crippen molar-refractivity contribution in [3.63, 3.8) is 0 Å². The molecule has 8 unspecified atom stereocenters. The van der Waals surface area contributed by atoms with Gasteiger partial charge in [0.1, 0.15) is 11.6 Å². The van der Waals surface area contributed by atoms with Crippen LogP contribution in [-0.2, 0) is 6.42 Å². The highest BCUT2D eigenvalue weighted by atomic mass is 19.4. The topological polar surface area (TPSA) is 0 Å². The number of hydrogen-bond donors (Lipinski definition) is 0. The third-order valence-corrected chi connectivity index (χ3v) is 11.0. The van der Waals surface area contributed by atoms with Crippen molar-refractivity contribution < 1.29 is 22.0 Å². The van der Waals surface area contributed by atoms with Crippen molar-refractivity contribution in [3.8, 4) is 0 Å². The Labute approximate surface area is 194 Å². The molecule has 184 valence electrons. The van der Waals surface area contributed by atoms with Crippen LogP contribution in [0.25, 0.3) is 0 Å². The summed E-state index contributed by atoms with van der Waals surface area (Å²) in [5.74, 6) is 0.471. The zero-order chi connectivity index (χ0) is 23.6. The van der Waals surface area contributed by atoms with Crippen LogP contribution >= 0.6 is 0 Å². The van der Waals surface area contributed by atoms with Crippen LogP contribution in [0.4, 0.5) is 22.0 Å². The van der Waals surface area contributed by atoms with Gasteiger partial charge in [-0.25, -0.2) is 8.78 Å². The number of halogens is 5. The fraction of sp³-hybridized carbons (Fsp3) is 0.786. The first-order valence-electron chi connectivity index (χ1n) is 13.0. The summed E-state index contributed by atoms with van der Waals surface area (Å²) in [6.07, 6.45) is 5.64. The normalized spacial score (nSPS) is 43.0. The Morgan fingerprint density at radius 3 is 2.18 bits per heavy atom. The second-order valence-corrected chi connectivity index (χ2v) is 12.3. The molecule has 33 heavy (non-hydrogen) atoms. The lowest BCUT2D eigenvalue weighted by Gasteiger charge is -2.61. The van der Waals surface area contributed by atoms with Crippen LogP contribution in [0, 0.1) is 58.0 Å². The van der Waals surface area contributed by atoms with Crippen molar-refractivity contribution in [3.05, 3.63) is 35.4 Å². The van der Waals surface area contributed by atoms with Crippen LogP contribution < -0.4 is 0 Å². The van der Waals surface area contributed by atoms with Crippen molar-refractivity contribution >= 4 is 0 Å². The monoisotopic (exact) mass is 468 g/mol. The predicted molar refractivity (Wildman–Crippen MR) is 119 cm³/mol. The summed E-state index contributed by atoms with van der Waals surface area (Å²) in [6, 6.07) is 3.83. The maximum Gasteiger partial charge on any atom is 0.391 e. The molecule has 0 amide bonds. The van der Waals surface area contributed by atoms with Gasteiger partial charge in [-0.05, 0) is 129 Å². The van der Waals surface area contributed by atoms with Crippen molar-refractivity contribution in [2.24, 2.45) is 46.3 Å². The number of alkyl halides is 3. The van der Waals surface area contributed by atoms with Gasteiger partial charge in [-0.15, -0.1) is 0 Å². The van der Waals surface area contributed by atoms with Gasteiger partial charge >= 0.3 is 6.18 Å². The predicted octanol–water partition coefficient (Wildman–Crippen LogP) is 8.73. The molecule has 5 rings (SSSR count). The lowest BCUT2D eigenvalue weighted by atomic mass is 9.44. The third kappa shape index (κ3) is 4.03. The molecule has 0 aliphatic heterocycles. The maximum atomic E-state index is 13.6. The number of aryl methyl sites for hydroxylation is 1. The molecule has 0 N–H and O–H groups in total. The lowest BCUT2D eigenvalue weighted by Crippen LogP contribution is -2.54. The second-order valence-electron chi connectivity index (χ2n) is 12.3. The highest BCUT2D eigenvalue weighted by Gasteiger charge is 2.61. The second kappa shape index (κ2) is 8.22. The van der Waals surface area contributed by atoms with E-state index in [2.05, 4.69) is 13.8 Å². The van der Waals surface area contributed by atoms with Gasteiger partial charge < -0.3 is 0 Å². The summed E-state index contributed by atoms with van der Waals surface area (Å²) in [7, 11) is 0. The van der Waals surface area contributed by atoms with E-state index in [1.807, 2.05) is 0 Å². The minimum Gasteiger partial charge on any atom is -0.207 e. The minimum absolute atomic E-state index is 0.0587. The number of rotatable bonds is 3. The molecule has 1 aromatic rings. The Morgan fingerprint density at radius 2 is 1.48 bits per heavy atom. The molecule has 5 heteroatoms. The molecule has 0 spiro atoms. The first kappa shape index (κ1) is 23.6. The number of benzene rings is 1. The van der Waals surface area contributed by atoms with Gasteiger partial charge in [-0.2, -0.15) is 13.2 Å². The largest absolute Gasteiger partial charge is 0.391 e. The Hall–Kier alpha value is -1.13. The van der Waals surface area contributed by atoms with Crippen LogP contribution in [0.3, 0.4) is 0 Å². The summed E-state index contributed by atoms with van der Waals surface area (Å²) in [6.45, 7) is 4.75. The van der Waals surface area contributed by atoms with Gasteiger partial charge in [0, 0.05) is 6.07 Å². The van der Waals surface area contributed by atoms with Gasteiger partial charge in [-0.1, -0.05) is 13.8 Å². The summed E-state index contributed by atoms with van der Waals surface area (Å²) in [5.41, 5.74) is 1.05. The standard InChI is InChI=1S/C28H37F5/c1-26-12-10-25-23(7-5-19-15-20(28(31,32)33)9-11-27(19,25)2)24(26)8-6-18(26)4-3-17-13-21(29)16-22(30)14-17/h13-14,16,18-20,23-25H,3-12,15H2,1-2H3. The van der Waals surface area contributed by atoms with Crippen LogP contribution in [0.2, 0.25) is 0 Å². The maximum absolute atomic E-state index is 13.6. The quantitative estimate of drug-likeness (QED) is 0.389. The summed E-state index contributed by atoms with van der Waals surface area (Å²) in [5, 5.41) is 0. The smallest absolute Gasteiger partial charge is 0.207 e. The van der Waals surface area contributed by atoms with Gasteiger partial charge in [-0.3, -0.25) is 0 Å². The van der Waals surface area contributed by atoms with Crippen LogP contribution in [0.1, 0.15) is 83.6 Å². The SMILES string of the molecule is CC12CCC3C(CCC4CC(C(F)(F)F)CCC43C)C1CCC2CCc1cc(F)cc(F)c1. The van der Waals surface area contributed by atoms with E-state index in [1.165, 1.54) is 25.0 Å². The number of hydrogen-bond acceptors (Lipinski definition) is 0. The molecule has 4 fully saturated rings. The van der Waals surface area contributed by atoms with Gasteiger partial charge in [0.25, 0.3) is 0 Å². The van der Waals surface area contributed by atoms with Crippen molar-refractivity contribution in [1.29, 1.82) is 0 Å². The van der Waals surface area contributed by atoms with Crippen molar-refractivity contribution in [1.82, 2.24) is 0 Å². The lowest BCUT2D eigenvalue weighted by molar-refractivity contribution is -0.208. The molecule has 8 atom stereocenters. The van der Waals surface area contributed by atoms with E-state index in [4.69, 9.17) is 0 Å². The van der Waals surface area contributed by atoms with Crippen LogP contribution in [0.15, 0.2) is 18.2 Å². The average Bonchev–Trinajstić information content (AvgIpc) is 3.06. The molecular weight excluding hydrogens is 431 g/mol. The molecule has 4 aliphatic rings.